The number of carbonyl (C=O) groups excluding carboxylic acids is 1. The Kier molecular flexibility index (Phi) is 4.12. The number of aliphatic hydroxyl groups is 1. The molecule has 0 fully saturated rings. The summed E-state index contributed by atoms with van der Waals surface area (Å²) < 4.78 is 0. The first-order valence-corrected chi connectivity index (χ1v) is 4.91. The summed E-state index contributed by atoms with van der Waals surface area (Å²) in [5.74, 6) is -0.164. The molecule has 0 aliphatic heterocycles. The summed E-state index contributed by atoms with van der Waals surface area (Å²) in [6, 6.07) is 6.79. The van der Waals surface area contributed by atoms with E-state index in [0.717, 1.165) is 0 Å². The highest BCUT2D eigenvalue weighted by atomic mass is 16.3. The predicted octanol–water partition coefficient (Wildman–Crippen LogP) is 0.770. The fourth-order valence-corrected chi connectivity index (χ4v) is 1.18. The van der Waals surface area contributed by atoms with Gasteiger partial charge in [0.25, 0.3) is 5.91 Å². The van der Waals surface area contributed by atoms with Crippen molar-refractivity contribution in [1.29, 1.82) is 0 Å². The molecule has 4 N–H and O–H groups in total. The third kappa shape index (κ3) is 3.99. The molecule has 0 aromatic heterocycles. The number of nitrogen functional groups attached to an aromatic ring is 1. The molecule has 0 heterocycles. The van der Waals surface area contributed by atoms with Crippen LogP contribution >= 0.6 is 0 Å². The van der Waals surface area contributed by atoms with E-state index < -0.39 is 6.10 Å². The predicted molar refractivity (Wildman–Crippen MR) is 59.5 cm³/mol. The molecular formula is C11H16N2O2. The highest BCUT2D eigenvalue weighted by Crippen LogP contribution is 2.06. The number of rotatable bonds is 4. The Hall–Kier alpha value is -1.55. The number of anilines is 1. The lowest BCUT2D eigenvalue weighted by molar-refractivity contribution is 0.0945. The normalized spacial score (nSPS) is 12.1. The molecule has 1 amide bonds. The Morgan fingerprint density at radius 2 is 2.33 bits per heavy atom. The smallest absolute Gasteiger partial charge is 0.251 e. The zero-order valence-electron chi connectivity index (χ0n) is 8.73. The lowest BCUT2D eigenvalue weighted by atomic mass is 10.2. The van der Waals surface area contributed by atoms with Gasteiger partial charge in [0.1, 0.15) is 0 Å². The highest BCUT2D eigenvalue weighted by molar-refractivity contribution is 5.94. The molecule has 4 heteroatoms. The molecule has 0 saturated carbocycles. The van der Waals surface area contributed by atoms with E-state index in [4.69, 9.17) is 10.8 Å². The van der Waals surface area contributed by atoms with Crippen molar-refractivity contribution in [2.75, 3.05) is 12.3 Å². The van der Waals surface area contributed by atoms with Gasteiger partial charge in [-0.15, -0.1) is 0 Å². The first kappa shape index (κ1) is 11.5. The van der Waals surface area contributed by atoms with E-state index in [2.05, 4.69) is 5.32 Å². The van der Waals surface area contributed by atoms with Gasteiger partial charge < -0.3 is 16.2 Å². The van der Waals surface area contributed by atoms with E-state index in [-0.39, 0.29) is 5.91 Å². The van der Waals surface area contributed by atoms with Crippen molar-refractivity contribution in [1.82, 2.24) is 5.32 Å². The fourth-order valence-electron chi connectivity index (χ4n) is 1.18. The number of carbonyl (C=O) groups is 1. The fraction of sp³-hybridized carbons (Fsp3) is 0.364. The average molecular weight is 208 g/mol. The van der Waals surface area contributed by atoms with E-state index in [0.29, 0.717) is 24.2 Å². The van der Waals surface area contributed by atoms with Crippen LogP contribution in [0.3, 0.4) is 0 Å². The Labute approximate surface area is 89.1 Å². The number of aliphatic hydroxyl groups excluding tert-OH is 1. The molecule has 0 spiro atoms. The minimum absolute atomic E-state index is 0.164. The van der Waals surface area contributed by atoms with Crippen molar-refractivity contribution in [3.8, 4) is 0 Å². The zero-order chi connectivity index (χ0) is 11.3. The summed E-state index contributed by atoms with van der Waals surface area (Å²) >= 11 is 0. The molecule has 4 nitrogen and oxygen atoms in total. The first-order valence-electron chi connectivity index (χ1n) is 4.91. The van der Waals surface area contributed by atoms with Gasteiger partial charge in [-0.25, -0.2) is 0 Å². The molecule has 0 saturated heterocycles. The van der Waals surface area contributed by atoms with Gasteiger partial charge in [0, 0.05) is 17.8 Å². The summed E-state index contributed by atoms with van der Waals surface area (Å²) in [5, 5.41) is 11.7. The minimum atomic E-state index is -0.397. The molecule has 1 aromatic carbocycles. The van der Waals surface area contributed by atoms with E-state index in [1.165, 1.54) is 0 Å². The summed E-state index contributed by atoms with van der Waals surface area (Å²) in [5.41, 5.74) is 6.66. The van der Waals surface area contributed by atoms with Gasteiger partial charge in [0.2, 0.25) is 0 Å². The Balaban J connectivity index is 2.47. The summed E-state index contributed by atoms with van der Waals surface area (Å²) in [4.78, 5) is 11.5. The van der Waals surface area contributed by atoms with E-state index in [1.807, 2.05) is 0 Å². The largest absolute Gasteiger partial charge is 0.399 e. The average Bonchev–Trinajstić information content (AvgIpc) is 2.17. The lowest BCUT2D eigenvalue weighted by Gasteiger charge is -2.06. The Bertz CT molecular complexity index is 337. The number of hydrogen-bond acceptors (Lipinski definition) is 3. The van der Waals surface area contributed by atoms with E-state index in [1.54, 1.807) is 31.2 Å². The van der Waals surface area contributed by atoms with Crippen molar-refractivity contribution in [2.24, 2.45) is 0 Å². The van der Waals surface area contributed by atoms with Gasteiger partial charge in [-0.3, -0.25) is 4.79 Å². The molecule has 0 aliphatic carbocycles. The SMILES string of the molecule is CC(O)CCNC(=O)c1cccc(N)c1. The second-order valence-electron chi connectivity index (χ2n) is 3.52. The number of benzene rings is 1. The number of hydrogen-bond donors (Lipinski definition) is 3. The Morgan fingerprint density at radius 3 is 2.93 bits per heavy atom. The summed E-state index contributed by atoms with van der Waals surface area (Å²) in [6.45, 7) is 2.15. The van der Waals surface area contributed by atoms with Crippen molar-refractivity contribution >= 4 is 11.6 Å². The molecule has 0 aliphatic rings. The van der Waals surface area contributed by atoms with Crippen LogP contribution in [0.15, 0.2) is 24.3 Å². The van der Waals surface area contributed by atoms with Crippen LogP contribution in [0.25, 0.3) is 0 Å². The molecule has 1 atom stereocenters. The van der Waals surface area contributed by atoms with Crippen LogP contribution in [-0.2, 0) is 0 Å². The van der Waals surface area contributed by atoms with Crippen LogP contribution in [0.5, 0.6) is 0 Å². The highest BCUT2D eigenvalue weighted by Gasteiger charge is 2.05. The van der Waals surface area contributed by atoms with Gasteiger partial charge in [-0.1, -0.05) is 6.07 Å². The van der Waals surface area contributed by atoms with Gasteiger partial charge in [-0.05, 0) is 31.5 Å². The Morgan fingerprint density at radius 1 is 1.60 bits per heavy atom. The van der Waals surface area contributed by atoms with Gasteiger partial charge in [-0.2, -0.15) is 0 Å². The third-order valence-electron chi connectivity index (χ3n) is 2.00. The third-order valence-corrected chi connectivity index (χ3v) is 2.00. The van der Waals surface area contributed by atoms with Crippen LogP contribution in [0.1, 0.15) is 23.7 Å². The maximum Gasteiger partial charge on any atom is 0.251 e. The topological polar surface area (TPSA) is 75.3 Å². The van der Waals surface area contributed by atoms with Crippen molar-refractivity contribution in [2.45, 2.75) is 19.4 Å². The maximum absolute atomic E-state index is 11.5. The standard InChI is InChI=1S/C11H16N2O2/c1-8(14)5-6-13-11(15)9-3-2-4-10(12)7-9/h2-4,7-8,14H,5-6,12H2,1H3,(H,13,15). The summed E-state index contributed by atoms with van der Waals surface area (Å²) in [7, 11) is 0. The first-order chi connectivity index (χ1) is 7.09. The van der Waals surface area contributed by atoms with E-state index >= 15 is 0 Å². The quantitative estimate of drug-likeness (QED) is 0.640. The number of nitrogens with one attached hydrogen (secondary N) is 1. The van der Waals surface area contributed by atoms with Gasteiger partial charge in [0.15, 0.2) is 0 Å². The van der Waals surface area contributed by atoms with Crippen molar-refractivity contribution < 1.29 is 9.90 Å². The number of nitrogens with two attached hydrogens (primary N) is 1. The van der Waals surface area contributed by atoms with Crippen molar-refractivity contribution in [3.63, 3.8) is 0 Å². The molecule has 15 heavy (non-hydrogen) atoms. The zero-order valence-corrected chi connectivity index (χ0v) is 8.73. The van der Waals surface area contributed by atoms with Crippen LogP contribution in [0.2, 0.25) is 0 Å². The van der Waals surface area contributed by atoms with Crippen molar-refractivity contribution in [3.05, 3.63) is 29.8 Å². The monoisotopic (exact) mass is 208 g/mol. The second kappa shape index (κ2) is 5.36. The number of amides is 1. The molecule has 1 rings (SSSR count). The molecule has 0 radical (unpaired) electrons. The minimum Gasteiger partial charge on any atom is -0.399 e. The lowest BCUT2D eigenvalue weighted by Crippen LogP contribution is -2.26. The second-order valence-corrected chi connectivity index (χ2v) is 3.52. The van der Waals surface area contributed by atoms with Crippen LogP contribution < -0.4 is 11.1 Å². The molecule has 1 unspecified atom stereocenters. The molecule has 1 aromatic rings. The molecule has 0 bridgehead atoms. The molecular weight excluding hydrogens is 192 g/mol. The maximum atomic E-state index is 11.5. The van der Waals surface area contributed by atoms with E-state index in [9.17, 15) is 4.79 Å². The van der Waals surface area contributed by atoms with Crippen LogP contribution in [0.4, 0.5) is 5.69 Å². The molecule has 82 valence electrons. The summed E-state index contributed by atoms with van der Waals surface area (Å²) in [6.07, 6.45) is 0.153. The van der Waals surface area contributed by atoms with Crippen LogP contribution in [0, 0.1) is 0 Å². The van der Waals surface area contributed by atoms with Crippen LogP contribution in [-0.4, -0.2) is 23.7 Å². The van der Waals surface area contributed by atoms with Gasteiger partial charge >= 0.3 is 0 Å². The van der Waals surface area contributed by atoms with Gasteiger partial charge in [0.05, 0.1) is 6.10 Å².